The first-order valence-electron chi connectivity index (χ1n) is 6.03. The molecule has 21 heavy (non-hydrogen) atoms. The Kier molecular flexibility index (Phi) is 4.59. The molecule has 0 atom stereocenters. The molecule has 3 rings (SSSR count). The molecule has 9 heteroatoms. The Hall–Kier alpha value is -1.77. The lowest BCUT2D eigenvalue weighted by Gasteiger charge is -2.08. The maximum Gasteiger partial charge on any atom is 0.179 e. The first-order chi connectivity index (χ1) is 10.3. The number of hydrogen-bond acceptors (Lipinski definition) is 7. The summed E-state index contributed by atoms with van der Waals surface area (Å²) < 4.78 is 12.2. The molecule has 0 aliphatic heterocycles. The van der Waals surface area contributed by atoms with Crippen LogP contribution in [-0.2, 0) is 6.54 Å². The lowest BCUT2D eigenvalue weighted by Crippen LogP contribution is -2.08. The second kappa shape index (κ2) is 6.79. The molecule has 2 aromatic heterocycles. The molecule has 0 aliphatic rings. The maximum absolute atomic E-state index is 5.97. The number of ether oxygens (including phenoxy) is 1. The van der Waals surface area contributed by atoms with Crippen LogP contribution in [0.1, 0.15) is 0 Å². The van der Waals surface area contributed by atoms with Crippen molar-refractivity contribution in [1.29, 1.82) is 0 Å². The lowest BCUT2D eigenvalue weighted by atomic mass is 10.3. The van der Waals surface area contributed by atoms with Gasteiger partial charge in [-0.05, 0) is 22.5 Å². The van der Waals surface area contributed by atoms with E-state index in [9.17, 15) is 0 Å². The van der Waals surface area contributed by atoms with Crippen molar-refractivity contribution in [3.8, 4) is 5.75 Å². The lowest BCUT2D eigenvalue weighted by molar-refractivity contribution is 0.292. The van der Waals surface area contributed by atoms with Crippen LogP contribution in [0.4, 0.5) is 5.69 Å². The van der Waals surface area contributed by atoms with E-state index in [0.29, 0.717) is 28.7 Å². The van der Waals surface area contributed by atoms with Gasteiger partial charge in [0, 0.05) is 10.5 Å². The van der Waals surface area contributed by atoms with Gasteiger partial charge in [0.1, 0.15) is 30.7 Å². The SMILES string of the molecule is Clc1nssc1=Nc1ccccc1OCCn1cncn1. The standard InChI is InChI=1S/C12H10ClN5OS2/c13-11-12(20-21-17-11)16-9-3-1-2-4-10(9)19-6-5-18-8-14-7-15-18/h1-4,7-8H,5-6H2. The summed E-state index contributed by atoms with van der Waals surface area (Å²) in [5, 5.41) is 4.44. The van der Waals surface area contributed by atoms with E-state index in [-0.39, 0.29) is 0 Å². The Morgan fingerprint density at radius 1 is 1.33 bits per heavy atom. The van der Waals surface area contributed by atoms with Crippen molar-refractivity contribution < 1.29 is 4.74 Å². The molecule has 0 fully saturated rings. The molecule has 3 aromatic rings. The zero-order chi connectivity index (χ0) is 14.5. The summed E-state index contributed by atoms with van der Waals surface area (Å²) in [4.78, 5) is 8.37. The predicted octanol–water partition coefficient (Wildman–Crippen LogP) is 2.76. The van der Waals surface area contributed by atoms with E-state index in [1.54, 1.807) is 11.0 Å². The highest BCUT2D eigenvalue weighted by Gasteiger charge is 2.04. The van der Waals surface area contributed by atoms with Gasteiger partial charge >= 0.3 is 0 Å². The highest BCUT2D eigenvalue weighted by atomic mass is 35.5. The van der Waals surface area contributed by atoms with Crippen LogP contribution < -0.4 is 9.41 Å². The number of halogens is 1. The minimum atomic E-state index is 0.419. The molecule has 2 heterocycles. The van der Waals surface area contributed by atoms with Crippen molar-refractivity contribution in [2.75, 3.05) is 6.61 Å². The molecule has 1 aromatic carbocycles. The summed E-state index contributed by atoms with van der Waals surface area (Å²) in [7, 11) is 2.74. The van der Waals surface area contributed by atoms with E-state index >= 15 is 0 Å². The minimum Gasteiger partial charge on any atom is -0.489 e. The van der Waals surface area contributed by atoms with Crippen LogP contribution in [-0.4, -0.2) is 25.7 Å². The maximum atomic E-state index is 5.97. The molecule has 0 radical (unpaired) electrons. The normalized spacial score (nSPS) is 11.8. The highest BCUT2D eigenvalue weighted by molar-refractivity contribution is 7.66. The topological polar surface area (TPSA) is 65.2 Å². The number of aromatic nitrogens is 4. The van der Waals surface area contributed by atoms with Gasteiger partial charge in [0.15, 0.2) is 9.82 Å². The van der Waals surface area contributed by atoms with Crippen molar-refractivity contribution in [2.45, 2.75) is 6.54 Å². The smallest absolute Gasteiger partial charge is 0.179 e. The summed E-state index contributed by atoms with van der Waals surface area (Å²) >= 11 is 5.97. The van der Waals surface area contributed by atoms with Crippen molar-refractivity contribution in [3.05, 3.63) is 46.7 Å². The minimum absolute atomic E-state index is 0.419. The highest BCUT2D eigenvalue weighted by Crippen LogP contribution is 2.26. The molecular weight excluding hydrogens is 330 g/mol. The van der Waals surface area contributed by atoms with Crippen molar-refractivity contribution >= 4 is 38.2 Å². The van der Waals surface area contributed by atoms with Gasteiger partial charge in [-0.2, -0.15) is 9.47 Å². The first-order valence-corrected chi connectivity index (χ1v) is 8.52. The van der Waals surface area contributed by atoms with E-state index in [2.05, 4.69) is 19.4 Å². The summed E-state index contributed by atoms with van der Waals surface area (Å²) in [6.07, 6.45) is 3.15. The number of nitrogens with zero attached hydrogens (tertiary/aromatic N) is 5. The largest absolute Gasteiger partial charge is 0.489 e. The molecule has 0 aliphatic carbocycles. The number of rotatable bonds is 5. The van der Waals surface area contributed by atoms with Crippen molar-refractivity contribution in [3.63, 3.8) is 0 Å². The summed E-state index contributed by atoms with van der Waals surface area (Å²) in [5.41, 5.74) is 0.731. The fraction of sp³-hybridized carbons (Fsp3) is 0.167. The molecular formula is C12H10ClN5OS2. The summed E-state index contributed by atoms with van der Waals surface area (Å²) in [5.74, 6) is 0.701. The van der Waals surface area contributed by atoms with Gasteiger partial charge in [-0.3, -0.25) is 0 Å². The van der Waals surface area contributed by atoms with Gasteiger partial charge in [0.25, 0.3) is 0 Å². The molecule has 108 valence electrons. The molecule has 0 saturated heterocycles. The van der Waals surface area contributed by atoms with Crippen molar-refractivity contribution in [1.82, 2.24) is 19.1 Å². The third-order valence-electron chi connectivity index (χ3n) is 2.54. The van der Waals surface area contributed by atoms with E-state index in [0.717, 1.165) is 5.69 Å². The quantitative estimate of drug-likeness (QED) is 0.670. The van der Waals surface area contributed by atoms with Gasteiger partial charge in [-0.25, -0.2) is 14.7 Å². The predicted molar refractivity (Wildman–Crippen MR) is 82.2 cm³/mol. The van der Waals surface area contributed by atoms with Crippen LogP contribution in [0.2, 0.25) is 5.15 Å². The summed E-state index contributed by atoms with van der Waals surface area (Å²) in [6.45, 7) is 1.10. The zero-order valence-corrected chi connectivity index (χ0v) is 13.1. The van der Waals surface area contributed by atoms with E-state index in [4.69, 9.17) is 16.3 Å². The molecule has 0 unspecified atom stereocenters. The van der Waals surface area contributed by atoms with Crippen LogP contribution in [0.25, 0.3) is 0 Å². The van der Waals surface area contributed by atoms with Crippen LogP contribution in [0, 0.1) is 0 Å². The van der Waals surface area contributed by atoms with Crippen LogP contribution >= 0.6 is 32.5 Å². The van der Waals surface area contributed by atoms with Crippen molar-refractivity contribution in [2.24, 2.45) is 4.99 Å². The van der Waals surface area contributed by atoms with Gasteiger partial charge < -0.3 is 4.74 Å². The van der Waals surface area contributed by atoms with Gasteiger partial charge in [0.05, 0.1) is 6.54 Å². The van der Waals surface area contributed by atoms with E-state index < -0.39 is 0 Å². The Balaban J connectivity index is 1.75. The van der Waals surface area contributed by atoms with Crippen LogP contribution in [0.3, 0.4) is 0 Å². The van der Waals surface area contributed by atoms with Gasteiger partial charge in [-0.1, -0.05) is 23.7 Å². The Labute approximate surface area is 132 Å². The van der Waals surface area contributed by atoms with Gasteiger partial charge in [-0.15, -0.1) is 0 Å². The fourth-order valence-corrected chi connectivity index (χ4v) is 3.59. The molecule has 6 nitrogen and oxygen atoms in total. The van der Waals surface area contributed by atoms with E-state index in [1.807, 2.05) is 24.3 Å². The Morgan fingerprint density at radius 2 is 2.24 bits per heavy atom. The zero-order valence-electron chi connectivity index (χ0n) is 10.7. The first kappa shape index (κ1) is 14.2. The molecule has 0 saturated carbocycles. The number of para-hydroxylation sites is 2. The average Bonchev–Trinajstić information content (AvgIpc) is 3.14. The molecule has 0 amide bonds. The number of hydrogen-bond donors (Lipinski definition) is 0. The van der Waals surface area contributed by atoms with E-state index in [1.165, 1.54) is 27.2 Å². The van der Waals surface area contributed by atoms with Gasteiger partial charge in [0.2, 0.25) is 0 Å². The monoisotopic (exact) mass is 339 g/mol. The molecule has 0 bridgehead atoms. The average molecular weight is 340 g/mol. The fourth-order valence-electron chi connectivity index (χ4n) is 1.60. The third-order valence-corrected chi connectivity index (χ3v) is 4.71. The van der Waals surface area contributed by atoms with Crippen LogP contribution in [0.15, 0.2) is 41.9 Å². The Bertz CT molecular complexity index is 768. The molecule has 0 spiro atoms. The number of benzene rings is 1. The Morgan fingerprint density at radius 3 is 3.00 bits per heavy atom. The molecule has 0 N–H and O–H groups in total. The second-order valence-corrected chi connectivity index (χ2v) is 6.12. The second-order valence-electron chi connectivity index (χ2n) is 3.93. The van der Waals surface area contributed by atoms with Crippen LogP contribution in [0.5, 0.6) is 5.75 Å². The summed E-state index contributed by atoms with van der Waals surface area (Å²) in [6, 6.07) is 7.56. The third kappa shape index (κ3) is 3.66.